The third kappa shape index (κ3) is 2.88. The number of hydrogen-bond donors (Lipinski definition) is 0. The number of carbonyl (C=O) groups is 1. The maximum Gasteiger partial charge on any atom is 0.239 e. The number of allylic oxidation sites excluding steroid dienone is 1. The quantitative estimate of drug-likeness (QED) is 0.530. The molecule has 0 amide bonds. The molecule has 0 aromatic rings. The first kappa shape index (κ1) is 11.9. The van der Waals surface area contributed by atoms with Gasteiger partial charge in [0, 0.05) is 18.8 Å². The summed E-state index contributed by atoms with van der Waals surface area (Å²) in [4.78, 5) is 21.6. The molecule has 15 heavy (non-hydrogen) atoms. The van der Waals surface area contributed by atoms with Crippen LogP contribution in [0, 0.1) is 22.0 Å². The highest BCUT2D eigenvalue weighted by Crippen LogP contribution is 2.33. The van der Waals surface area contributed by atoms with Crippen LogP contribution in [0.15, 0.2) is 12.3 Å². The average molecular weight is 211 g/mol. The molecule has 1 rings (SSSR count). The zero-order valence-electron chi connectivity index (χ0n) is 9.07. The van der Waals surface area contributed by atoms with Crippen LogP contribution in [0.4, 0.5) is 0 Å². The summed E-state index contributed by atoms with van der Waals surface area (Å²) < 4.78 is 0. The van der Waals surface area contributed by atoms with Crippen molar-refractivity contribution in [2.75, 3.05) is 0 Å². The molecule has 0 unspecified atom stereocenters. The van der Waals surface area contributed by atoms with E-state index in [-0.39, 0.29) is 23.8 Å². The standard InChI is InChI=1S/C11H17NO3/c1-3-9-5-4-6-11(13)10(9)7-8(2)12(14)15/h9-10H,2-7H2,1H3/t9-,10+/m0/s1. The Kier molecular flexibility index (Phi) is 4.00. The van der Waals surface area contributed by atoms with Crippen molar-refractivity contribution in [2.24, 2.45) is 11.8 Å². The first-order valence-electron chi connectivity index (χ1n) is 5.41. The Hall–Kier alpha value is -1.19. The van der Waals surface area contributed by atoms with Gasteiger partial charge in [-0.05, 0) is 25.3 Å². The average Bonchev–Trinajstić information content (AvgIpc) is 2.20. The van der Waals surface area contributed by atoms with Gasteiger partial charge < -0.3 is 0 Å². The van der Waals surface area contributed by atoms with Crippen LogP contribution >= 0.6 is 0 Å². The number of ketones is 1. The predicted octanol–water partition coefficient (Wildman–Crippen LogP) is 2.56. The summed E-state index contributed by atoms with van der Waals surface area (Å²) in [6.45, 7) is 5.43. The molecule has 0 aromatic carbocycles. The number of nitro groups is 1. The van der Waals surface area contributed by atoms with Crippen molar-refractivity contribution in [1.29, 1.82) is 0 Å². The first-order chi connectivity index (χ1) is 7.06. The highest BCUT2D eigenvalue weighted by molar-refractivity contribution is 5.82. The maximum absolute atomic E-state index is 11.7. The van der Waals surface area contributed by atoms with Gasteiger partial charge in [0.1, 0.15) is 5.78 Å². The molecule has 4 nitrogen and oxygen atoms in total. The van der Waals surface area contributed by atoms with Crippen LogP contribution in [0.5, 0.6) is 0 Å². The van der Waals surface area contributed by atoms with Crippen molar-refractivity contribution >= 4 is 5.78 Å². The summed E-state index contributed by atoms with van der Waals surface area (Å²) >= 11 is 0. The molecule has 1 aliphatic carbocycles. The van der Waals surface area contributed by atoms with E-state index in [4.69, 9.17) is 0 Å². The van der Waals surface area contributed by atoms with Gasteiger partial charge in [-0.15, -0.1) is 0 Å². The fraction of sp³-hybridized carbons (Fsp3) is 0.727. The maximum atomic E-state index is 11.7. The highest BCUT2D eigenvalue weighted by atomic mass is 16.6. The van der Waals surface area contributed by atoms with Crippen molar-refractivity contribution in [2.45, 2.75) is 39.0 Å². The lowest BCUT2D eigenvalue weighted by Crippen LogP contribution is -2.29. The molecule has 0 saturated heterocycles. The van der Waals surface area contributed by atoms with Crippen LogP contribution in [0.1, 0.15) is 39.0 Å². The fourth-order valence-corrected chi connectivity index (χ4v) is 2.29. The van der Waals surface area contributed by atoms with Crippen molar-refractivity contribution in [3.05, 3.63) is 22.4 Å². The van der Waals surface area contributed by atoms with Gasteiger partial charge in [-0.25, -0.2) is 0 Å². The third-order valence-corrected chi connectivity index (χ3v) is 3.22. The summed E-state index contributed by atoms with van der Waals surface area (Å²) in [6, 6.07) is 0. The summed E-state index contributed by atoms with van der Waals surface area (Å²) in [5, 5.41) is 10.5. The lowest BCUT2D eigenvalue weighted by Gasteiger charge is -2.28. The van der Waals surface area contributed by atoms with E-state index in [0.29, 0.717) is 12.3 Å². The van der Waals surface area contributed by atoms with E-state index in [9.17, 15) is 14.9 Å². The predicted molar refractivity (Wildman–Crippen MR) is 56.9 cm³/mol. The molecule has 0 N–H and O–H groups in total. The zero-order chi connectivity index (χ0) is 11.4. The molecule has 0 heterocycles. The Labute approximate surface area is 89.5 Å². The third-order valence-electron chi connectivity index (χ3n) is 3.22. The van der Waals surface area contributed by atoms with E-state index in [1.807, 2.05) is 6.92 Å². The molecular formula is C11H17NO3. The molecule has 1 aliphatic rings. The second-order valence-electron chi connectivity index (χ2n) is 4.16. The van der Waals surface area contributed by atoms with Crippen LogP contribution in [0.25, 0.3) is 0 Å². The summed E-state index contributed by atoms with van der Waals surface area (Å²) in [7, 11) is 0. The number of nitrogens with zero attached hydrogens (tertiary/aromatic N) is 1. The Morgan fingerprint density at radius 3 is 2.87 bits per heavy atom. The van der Waals surface area contributed by atoms with Gasteiger partial charge in [0.25, 0.3) is 0 Å². The molecule has 1 fully saturated rings. The monoisotopic (exact) mass is 211 g/mol. The van der Waals surface area contributed by atoms with Crippen molar-refractivity contribution in [3.8, 4) is 0 Å². The second-order valence-corrected chi connectivity index (χ2v) is 4.16. The molecular weight excluding hydrogens is 194 g/mol. The Morgan fingerprint density at radius 1 is 1.67 bits per heavy atom. The van der Waals surface area contributed by atoms with Crippen molar-refractivity contribution in [3.63, 3.8) is 0 Å². The van der Waals surface area contributed by atoms with Gasteiger partial charge in [-0.2, -0.15) is 0 Å². The lowest BCUT2D eigenvalue weighted by molar-refractivity contribution is -0.428. The summed E-state index contributed by atoms with van der Waals surface area (Å²) in [6.07, 6.45) is 3.66. The minimum absolute atomic E-state index is 0.0336. The van der Waals surface area contributed by atoms with E-state index in [2.05, 4.69) is 6.58 Å². The van der Waals surface area contributed by atoms with Gasteiger partial charge in [-0.1, -0.05) is 13.3 Å². The Morgan fingerprint density at radius 2 is 2.33 bits per heavy atom. The van der Waals surface area contributed by atoms with Crippen LogP contribution < -0.4 is 0 Å². The summed E-state index contributed by atoms with van der Waals surface area (Å²) in [5.41, 5.74) is -0.0336. The minimum Gasteiger partial charge on any atom is -0.299 e. The first-order valence-corrected chi connectivity index (χ1v) is 5.41. The largest absolute Gasteiger partial charge is 0.299 e. The molecule has 0 aromatic heterocycles. The highest BCUT2D eigenvalue weighted by Gasteiger charge is 2.33. The number of hydrogen-bond acceptors (Lipinski definition) is 3. The molecule has 4 heteroatoms. The van der Waals surface area contributed by atoms with Gasteiger partial charge in [0.05, 0.1) is 4.92 Å². The molecule has 0 spiro atoms. The molecule has 2 atom stereocenters. The van der Waals surface area contributed by atoms with E-state index < -0.39 is 4.92 Å². The Balaban J connectivity index is 2.66. The van der Waals surface area contributed by atoms with E-state index in [0.717, 1.165) is 19.3 Å². The fourth-order valence-electron chi connectivity index (χ4n) is 2.29. The Bertz CT molecular complexity index is 286. The van der Waals surface area contributed by atoms with Crippen LogP contribution in [0.2, 0.25) is 0 Å². The SMILES string of the molecule is C=C(C[C@H]1C(=O)CCC[C@@H]1CC)[N+](=O)[O-]. The molecule has 0 bridgehead atoms. The van der Waals surface area contributed by atoms with Crippen LogP contribution in [0.3, 0.4) is 0 Å². The summed E-state index contributed by atoms with van der Waals surface area (Å²) in [5.74, 6) is 0.320. The van der Waals surface area contributed by atoms with Crippen LogP contribution in [-0.4, -0.2) is 10.7 Å². The zero-order valence-corrected chi connectivity index (χ0v) is 9.07. The molecule has 0 radical (unpaired) electrons. The smallest absolute Gasteiger partial charge is 0.239 e. The molecule has 1 saturated carbocycles. The van der Waals surface area contributed by atoms with Crippen molar-refractivity contribution in [1.82, 2.24) is 0 Å². The number of carbonyl (C=O) groups excluding carboxylic acids is 1. The van der Waals surface area contributed by atoms with E-state index in [1.165, 1.54) is 0 Å². The normalized spacial score (nSPS) is 26.3. The molecule has 0 aliphatic heterocycles. The van der Waals surface area contributed by atoms with E-state index >= 15 is 0 Å². The van der Waals surface area contributed by atoms with Crippen LogP contribution in [-0.2, 0) is 4.79 Å². The number of Topliss-reactive ketones (excluding diaryl/α,β-unsaturated/α-hetero) is 1. The minimum atomic E-state index is -0.478. The number of rotatable bonds is 4. The van der Waals surface area contributed by atoms with Crippen molar-refractivity contribution < 1.29 is 9.72 Å². The van der Waals surface area contributed by atoms with Gasteiger partial charge in [0.2, 0.25) is 5.70 Å². The van der Waals surface area contributed by atoms with Gasteiger partial charge in [-0.3, -0.25) is 14.9 Å². The van der Waals surface area contributed by atoms with Gasteiger partial charge in [0.15, 0.2) is 0 Å². The van der Waals surface area contributed by atoms with Gasteiger partial charge >= 0.3 is 0 Å². The topological polar surface area (TPSA) is 60.2 Å². The van der Waals surface area contributed by atoms with E-state index in [1.54, 1.807) is 0 Å². The lowest BCUT2D eigenvalue weighted by atomic mass is 9.75. The second kappa shape index (κ2) is 5.05. The molecule has 84 valence electrons.